The van der Waals surface area contributed by atoms with E-state index in [1.54, 1.807) is 11.3 Å². The maximum atomic E-state index is 12.3. The Bertz CT molecular complexity index is 700. The molecular formula is C17H21N3O2S2. The van der Waals surface area contributed by atoms with Crippen LogP contribution >= 0.6 is 22.7 Å². The molecule has 2 aromatic rings. The molecule has 1 atom stereocenters. The summed E-state index contributed by atoms with van der Waals surface area (Å²) in [7, 11) is 0. The number of ether oxygens (including phenoxy) is 1. The van der Waals surface area contributed by atoms with Crippen molar-refractivity contribution in [2.75, 3.05) is 24.6 Å². The minimum absolute atomic E-state index is 0.0278. The van der Waals surface area contributed by atoms with E-state index in [1.165, 1.54) is 24.2 Å². The highest BCUT2D eigenvalue weighted by atomic mass is 32.1. The lowest BCUT2D eigenvalue weighted by molar-refractivity contribution is 0.0954. The molecule has 0 aromatic carbocycles. The second-order valence-corrected chi connectivity index (χ2v) is 8.15. The zero-order valence-electron chi connectivity index (χ0n) is 13.5. The molecule has 1 amide bonds. The number of thiazole rings is 1. The topological polar surface area (TPSA) is 54.5 Å². The SMILES string of the molecule is O=C(NCc1csc(N2CCCC2)n1)c1ccc([C@H]2CCCO2)s1. The van der Waals surface area contributed by atoms with E-state index < -0.39 is 0 Å². The summed E-state index contributed by atoms with van der Waals surface area (Å²) < 4.78 is 5.68. The lowest BCUT2D eigenvalue weighted by atomic mass is 10.2. The van der Waals surface area contributed by atoms with E-state index in [1.807, 2.05) is 17.5 Å². The molecule has 128 valence electrons. The zero-order valence-corrected chi connectivity index (χ0v) is 15.1. The van der Waals surface area contributed by atoms with Crippen LogP contribution in [0, 0.1) is 0 Å². The third kappa shape index (κ3) is 3.48. The minimum atomic E-state index is -0.0278. The van der Waals surface area contributed by atoms with Gasteiger partial charge in [0, 0.05) is 30.0 Å². The van der Waals surface area contributed by atoms with Gasteiger partial charge in [0.25, 0.3) is 5.91 Å². The summed E-state index contributed by atoms with van der Waals surface area (Å²) in [5, 5.41) is 6.10. The first-order chi connectivity index (χ1) is 11.8. The predicted molar refractivity (Wildman–Crippen MR) is 97.0 cm³/mol. The van der Waals surface area contributed by atoms with Crippen LogP contribution in [0.1, 0.15) is 52.0 Å². The number of thiophene rings is 1. The van der Waals surface area contributed by atoms with Crippen LogP contribution in [-0.4, -0.2) is 30.6 Å². The van der Waals surface area contributed by atoms with Crippen molar-refractivity contribution in [3.63, 3.8) is 0 Å². The molecule has 24 heavy (non-hydrogen) atoms. The van der Waals surface area contributed by atoms with Gasteiger partial charge in [-0.25, -0.2) is 4.98 Å². The Balaban J connectivity index is 1.33. The number of carbonyl (C=O) groups excluding carboxylic acids is 1. The number of nitrogens with one attached hydrogen (secondary N) is 1. The summed E-state index contributed by atoms with van der Waals surface area (Å²) in [5.41, 5.74) is 0.936. The van der Waals surface area contributed by atoms with Crippen LogP contribution in [0.4, 0.5) is 5.13 Å². The molecule has 0 spiro atoms. The van der Waals surface area contributed by atoms with E-state index >= 15 is 0 Å². The van der Waals surface area contributed by atoms with Gasteiger partial charge in [-0.3, -0.25) is 4.79 Å². The van der Waals surface area contributed by atoms with Crippen LogP contribution in [0.25, 0.3) is 0 Å². The van der Waals surface area contributed by atoms with Crippen LogP contribution in [0.15, 0.2) is 17.5 Å². The number of amides is 1. The number of aromatic nitrogens is 1. The van der Waals surface area contributed by atoms with E-state index in [9.17, 15) is 4.79 Å². The van der Waals surface area contributed by atoms with Gasteiger partial charge in [-0.15, -0.1) is 22.7 Å². The Hall–Kier alpha value is -1.44. The molecular weight excluding hydrogens is 342 g/mol. The van der Waals surface area contributed by atoms with Gasteiger partial charge in [-0.2, -0.15) is 0 Å². The predicted octanol–water partition coefficient (Wildman–Crippen LogP) is 3.59. The van der Waals surface area contributed by atoms with Crippen molar-refractivity contribution < 1.29 is 9.53 Å². The van der Waals surface area contributed by atoms with Crippen LogP contribution < -0.4 is 10.2 Å². The van der Waals surface area contributed by atoms with Crippen molar-refractivity contribution in [3.05, 3.63) is 33.0 Å². The monoisotopic (exact) mass is 363 g/mol. The van der Waals surface area contributed by atoms with E-state index in [4.69, 9.17) is 4.74 Å². The maximum absolute atomic E-state index is 12.3. The van der Waals surface area contributed by atoms with Gasteiger partial charge in [0.05, 0.1) is 23.2 Å². The fourth-order valence-corrected chi connectivity index (χ4v) is 5.03. The molecule has 0 bridgehead atoms. The van der Waals surface area contributed by atoms with E-state index in [0.29, 0.717) is 6.54 Å². The zero-order chi connectivity index (χ0) is 16.4. The highest BCUT2D eigenvalue weighted by molar-refractivity contribution is 7.14. The normalized spacial score (nSPS) is 20.7. The molecule has 2 aromatic heterocycles. The van der Waals surface area contributed by atoms with Crippen LogP contribution in [0.5, 0.6) is 0 Å². The molecule has 2 aliphatic rings. The molecule has 7 heteroatoms. The molecule has 2 fully saturated rings. The van der Waals surface area contributed by atoms with E-state index in [-0.39, 0.29) is 12.0 Å². The molecule has 2 aliphatic heterocycles. The highest BCUT2D eigenvalue weighted by Crippen LogP contribution is 2.33. The molecule has 4 heterocycles. The summed E-state index contributed by atoms with van der Waals surface area (Å²) in [4.78, 5) is 21.2. The third-order valence-electron chi connectivity index (χ3n) is 4.44. The Morgan fingerprint density at radius 3 is 3.00 bits per heavy atom. The van der Waals surface area contributed by atoms with Crippen molar-refractivity contribution in [3.8, 4) is 0 Å². The van der Waals surface area contributed by atoms with E-state index in [2.05, 4.69) is 15.2 Å². The Labute approximate surface area is 149 Å². The molecule has 0 radical (unpaired) electrons. The number of hydrogen-bond donors (Lipinski definition) is 1. The average Bonchev–Trinajstić information content (AvgIpc) is 3.40. The van der Waals surface area contributed by atoms with Gasteiger partial charge < -0.3 is 15.0 Å². The van der Waals surface area contributed by atoms with Gasteiger partial charge in [0.2, 0.25) is 0 Å². The summed E-state index contributed by atoms with van der Waals surface area (Å²) >= 11 is 3.20. The Morgan fingerprint density at radius 2 is 2.21 bits per heavy atom. The van der Waals surface area contributed by atoms with Gasteiger partial charge in [-0.05, 0) is 37.8 Å². The van der Waals surface area contributed by atoms with Gasteiger partial charge >= 0.3 is 0 Å². The Morgan fingerprint density at radius 1 is 1.33 bits per heavy atom. The number of hydrogen-bond acceptors (Lipinski definition) is 6. The second kappa shape index (κ2) is 7.21. The van der Waals surface area contributed by atoms with Crippen molar-refractivity contribution >= 4 is 33.7 Å². The number of rotatable bonds is 5. The molecule has 0 aliphatic carbocycles. The molecule has 2 saturated heterocycles. The number of carbonyl (C=O) groups is 1. The first-order valence-electron chi connectivity index (χ1n) is 8.48. The van der Waals surface area contributed by atoms with Gasteiger partial charge in [0.15, 0.2) is 5.13 Å². The summed E-state index contributed by atoms with van der Waals surface area (Å²) in [6.07, 6.45) is 4.83. The smallest absolute Gasteiger partial charge is 0.261 e. The fourth-order valence-electron chi connectivity index (χ4n) is 3.14. The Kier molecular flexibility index (Phi) is 4.82. The summed E-state index contributed by atoms with van der Waals surface area (Å²) in [6.45, 7) is 3.50. The van der Waals surface area contributed by atoms with Crippen molar-refractivity contribution in [1.29, 1.82) is 0 Å². The molecule has 0 unspecified atom stereocenters. The quantitative estimate of drug-likeness (QED) is 0.882. The molecule has 5 nitrogen and oxygen atoms in total. The van der Waals surface area contributed by atoms with E-state index in [0.717, 1.165) is 53.1 Å². The third-order valence-corrected chi connectivity index (χ3v) is 6.57. The number of anilines is 1. The fraction of sp³-hybridized carbons (Fsp3) is 0.529. The number of nitrogens with zero attached hydrogens (tertiary/aromatic N) is 2. The van der Waals surface area contributed by atoms with Crippen LogP contribution in [-0.2, 0) is 11.3 Å². The highest BCUT2D eigenvalue weighted by Gasteiger charge is 2.21. The van der Waals surface area contributed by atoms with Crippen LogP contribution in [0.3, 0.4) is 0 Å². The lowest BCUT2D eigenvalue weighted by Gasteiger charge is -2.12. The first-order valence-corrected chi connectivity index (χ1v) is 10.2. The molecule has 1 N–H and O–H groups in total. The average molecular weight is 364 g/mol. The van der Waals surface area contributed by atoms with Gasteiger partial charge in [0.1, 0.15) is 0 Å². The van der Waals surface area contributed by atoms with Crippen molar-refractivity contribution in [2.45, 2.75) is 38.3 Å². The molecule has 4 rings (SSSR count). The minimum Gasteiger partial charge on any atom is -0.373 e. The standard InChI is InChI=1S/C17H21N3O2S2/c21-16(15-6-5-14(24-15)13-4-3-9-22-13)18-10-12-11-23-17(19-12)20-7-1-2-8-20/h5-6,11,13H,1-4,7-10H2,(H,18,21)/t13-/m1/s1. The van der Waals surface area contributed by atoms with Gasteiger partial charge in [-0.1, -0.05) is 0 Å². The van der Waals surface area contributed by atoms with Crippen molar-refractivity contribution in [1.82, 2.24) is 10.3 Å². The molecule has 0 saturated carbocycles. The first kappa shape index (κ1) is 16.1. The summed E-state index contributed by atoms with van der Waals surface area (Å²) in [5.74, 6) is -0.0278. The maximum Gasteiger partial charge on any atom is 0.261 e. The largest absolute Gasteiger partial charge is 0.373 e. The van der Waals surface area contributed by atoms with Crippen molar-refractivity contribution in [2.24, 2.45) is 0 Å². The van der Waals surface area contributed by atoms with Crippen LogP contribution in [0.2, 0.25) is 0 Å². The summed E-state index contributed by atoms with van der Waals surface area (Å²) in [6, 6.07) is 3.91. The lowest BCUT2D eigenvalue weighted by Crippen LogP contribution is -2.22. The second-order valence-electron chi connectivity index (χ2n) is 6.20.